The highest BCUT2D eigenvalue weighted by atomic mass is 35.5. The predicted molar refractivity (Wildman–Crippen MR) is 130 cm³/mol. The molecule has 180 valence electrons. The smallest absolute Gasteiger partial charge is 0.162 e. The van der Waals surface area contributed by atoms with Crippen molar-refractivity contribution in [2.45, 2.75) is 25.9 Å². The molecule has 1 aliphatic heterocycles. The van der Waals surface area contributed by atoms with E-state index in [-0.39, 0.29) is 16.5 Å². The van der Waals surface area contributed by atoms with Crippen LogP contribution in [0, 0.1) is 17.2 Å². The summed E-state index contributed by atoms with van der Waals surface area (Å²) in [5.74, 6) is 1.67. The molecule has 0 amide bonds. The highest BCUT2D eigenvalue weighted by Crippen LogP contribution is 2.51. The van der Waals surface area contributed by atoms with Gasteiger partial charge in [-0.1, -0.05) is 18.5 Å². The van der Waals surface area contributed by atoms with E-state index in [0.717, 1.165) is 37.9 Å². The zero-order chi connectivity index (χ0) is 23.9. The molecule has 1 unspecified atom stereocenters. The van der Waals surface area contributed by atoms with Gasteiger partial charge in [-0.15, -0.1) is 0 Å². The van der Waals surface area contributed by atoms with Crippen molar-refractivity contribution in [3.8, 4) is 11.5 Å². The molecular weight excluding hydrogens is 459 g/mol. The molecule has 2 aliphatic rings. The Morgan fingerprint density at radius 3 is 2.85 bits per heavy atom. The minimum absolute atomic E-state index is 0.0311. The third-order valence-electron chi connectivity index (χ3n) is 7.05. The Balaban J connectivity index is 1.28. The van der Waals surface area contributed by atoms with Crippen LogP contribution in [0.3, 0.4) is 0 Å². The second-order valence-corrected chi connectivity index (χ2v) is 9.87. The second-order valence-electron chi connectivity index (χ2n) is 9.47. The maximum absolute atomic E-state index is 13.5. The van der Waals surface area contributed by atoms with Crippen molar-refractivity contribution in [3.63, 3.8) is 0 Å². The van der Waals surface area contributed by atoms with Gasteiger partial charge in [-0.05, 0) is 42.5 Å². The number of aromatic nitrogens is 2. The van der Waals surface area contributed by atoms with Gasteiger partial charge < -0.3 is 24.8 Å². The van der Waals surface area contributed by atoms with Gasteiger partial charge in [0.15, 0.2) is 11.5 Å². The molecule has 3 atom stereocenters. The molecule has 3 aromatic rings. The molecule has 0 radical (unpaired) electrons. The summed E-state index contributed by atoms with van der Waals surface area (Å²) in [6, 6.07) is 8.08. The monoisotopic (exact) mass is 486 g/mol. The number of nitrogens with one attached hydrogen (secondary N) is 1. The Bertz CT molecular complexity index is 1210. The molecule has 2 aromatic carbocycles. The number of aliphatic hydroxyl groups excluding tert-OH is 1. The fourth-order valence-corrected chi connectivity index (χ4v) is 5.42. The van der Waals surface area contributed by atoms with Gasteiger partial charge in [0.25, 0.3) is 0 Å². The van der Waals surface area contributed by atoms with Crippen LogP contribution in [-0.2, 0) is 0 Å². The van der Waals surface area contributed by atoms with Crippen LogP contribution in [0.2, 0.25) is 5.02 Å². The first-order valence-corrected chi connectivity index (χ1v) is 11.8. The fraction of sp³-hybridized carbons (Fsp3) is 0.440. The highest BCUT2D eigenvalue weighted by Gasteiger charge is 2.54. The summed E-state index contributed by atoms with van der Waals surface area (Å²) in [6.07, 6.45) is 3.08. The lowest BCUT2D eigenvalue weighted by molar-refractivity contribution is -0.0639. The Morgan fingerprint density at radius 2 is 2.12 bits per heavy atom. The van der Waals surface area contributed by atoms with Gasteiger partial charge in [0.1, 0.15) is 18.0 Å². The van der Waals surface area contributed by atoms with Crippen LogP contribution in [0.25, 0.3) is 10.9 Å². The molecule has 2 N–H and O–H groups in total. The minimum Gasteiger partial charge on any atom is -0.493 e. The summed E-state index contributed by atoms with van der Waals surface area (Å²) in [5.41, 5.74) is 1.57. The number of fused-ring (bicyclic) bond motifs is 2. The summed E-state index contributed by atoms with van der Waals surface area (Å²) in [7, 11) is 1.60. The zero-order valence-corrected chi connectivity index (χ0v) is 20.0. The van der Waals surface area contributed by atoms with Gasteiger partial charge in [-0.25, -0.2) is 14.4 Å². The largest absolute Gasteiger partial charge is 0.493 e. The maximum atomic E-state index is 13.5. The van der Waals surface area contributed by atoms with Crippen LogP contribution in [0.4, 0.5) is 15.9 Å². The van der Waals surface area contributed by atoms with Crippen molar-refractivity contribution in [1.29, 1.82) is 0 Å². The van der Waals surface area contributed by atoms with Crippen LogP contribution in [0.15, 0.2) is 36.7 Å². The molecule has 1 saturated carbocycles. The summed E-state index contributed by atoms with van der Waals surface area (Å²) in [6.45, 7) is 5.72. The van der Waals surface area contributed by atoms with Crippen molar-refractivity contribution in [2.75, 3.05) is 38.7 Å². The predicted octanol–water partition coefficient (Wildman–Crippen LogP) is 4.65. The number of methoxy groups -OCH3 is 1. The standard InChI is InChI=1S/C25H28ClFN4O3/c1-25-11-21(32)17(25)12-31(13-25)6-3-7-34-23-9-16-20(10-22(23)33-2)28-14-29-24(16)30-15-4-5-19(27)18(26)8-15/h4-5,8-10,14,17,21,32H,3,6-7,11-13H2,1-2H3,(H,28,29,30)/t17-,21?,25+/m0/s1. The molecule has 0 bridgehead atoms. The van der Waals surface area contributed by atoms with Crippen LogP contribution in [-0.4, -0.2) is 59.4 Å². The van der Waals surface area contributed by atoms with E-state index in [2.05, 4.69) is 27.1 Å². The molecule has 2 fully saturated rings. The minimum atomic E-state index is -0.480. The van der Waals surface area contributed by atoms with Gasteiger partial charge in [-0.3, -0.25) is 0 Å². The van der Waals surface area contributed by atoms with E-state index < -0.39 is 5.82 Å². The molecule has 7 nitrogen and oxygen atoms in total. The molecule has 5 rings (SSSR count). The number of benzene rings is 2. The molecule has 0 spiro atoms. The van der Waals surface area contributed by atoms with Crippen LogP contribution >= 0.6 is 11.6 Å². The number of hydrogen-bond acceptors (Lipinski definition) is 7. The molecule has 1 aromatic heterocycles. The van der Waals surface area contributed by atoms with Crippen molar-refractivity contribution >= 4 is 34.0 Å². The highest BCUT2D eigenvalue weighted by molar-refractivity contribution is 6.31. The molecule has 1 saturated heterocycles. The van der Waals surface area contributed by atoms with Crippen molar-refractivity contribution < 1.29 is 19.0 Å². The van der Waals surface area contributed by atoms with E-state index >= 15 is 0 Å². The lowest BCUT2D eigenvalue weighted by Gasteiger charge is -2.45. The van der Waals surface area contributed by atoms with E-state index in [1.165, 1.54) is 18.5 Å². The van der Waals surface area contributed by atoms with Crippen molar-refractivity contribution in [1.82, 2.24) is 14.9 Å². The van der Waals surface area contributed by atoms with E-state index in [0.29, 0.717) is 41.0 Å². The molecule has 34 heavy (non-hydrogen) atoms. The second kappa shape index (κ2) is 9.17. The van der Waals surface area contributed by atoms with E-state index in [1.54, 1.807) is 13.2 Å². The third-order valence-corrected chi connectivity index (χ3v) is 7.34. The van der Waals surface area contributed by atoms with Gasteiger partial charge in [-0.2, -0.15) is 0 Å². The van der Waals surface area contributed by atoms with Crippen molar-refractivity contribution in [3.05, 3.63) is 47.5 Å². The Kier molecular flexibility index (Phi) is 6.22. The Morgan fingerprint density at radius 1 is 1.26 bits per heavy atom. The average Bonchev–Trinajstić information content (AvgIpc) is 3.08. The summed E-state index contributed by atoms with van der Waals surface area (Å²) in [4.78, 5) is 11.1. The lowest BCUT2D eigenvalue weighted by atomic mass is 9.61. The Hall–Kier alpha value is -2.68. The maximum Gasteiger partial charge on any atom is 0.162 e. The first kappa shape index (κ1) is 23.1. The molecule has 1 aliphatic carbocycles. The number of aliphatic hydroxyl groups is 1. The zero-order valence-electron chi connectivity index (χ0n) is 19.2. The molecule has 2 heterocycles. The Labute approximate surface area is 202 Å². The number of rotatable bonds is 8. The number of anilines is 2. The van der Waals surface area contributed by atoms with Crippen LogP contribution in [0.1, 0.15) is 19.8 Å². The number of hydrogen-bond donors (Lipinski definition) is 2. The van der Waals surface area contributed by atoms with Crippen LogP contribution < -0.4 is 14.8 Å². The first-order chi connectivity index (χ1) is 16.4. The fourth-order valence-electron chi connectivity index (χ4n) is 5.24. The average molecular weight is 487 g/mol. The molecular formula is C25H28ClFN4O3. The van der Waals surface area contributed by atoms with Gasteiger partial charge >= 0.3 is 0 Å². The summed E-state index contributed by atoms with van der Waals surface area (Å²) in [5, 5.41) is 14.0. The SMILES string of the molecule is COc1cc2ncnc(Nc3ccc(F)c(Cl)c3)c2cc1OCCCN1C[C@H]2C(O)C[C@]2(C)C1. The summed E-state index contributed by atoms with van der Waals surface area (Å²) >= 11 is 5.92. The van der Waals surface area contributed by atoms with E-state index in [1.807, 2.05) is 12.1 Å². The first-order valence-electron chi connectivity index (χ1n) is 11.4. The number of ether oxygens (including phenoxy) is 2. The van der Waals surface area contributed by atoms with E-state index in [4.69, 9.17) is 21.1 Å². The van der Waals surface area contributed by atoms with E-state index in [9.17, 15) is 9.50 Å². The number of nitrogens with zero attached hydrogens (tertiary/aromatic N) is 3. The lowest BCUT2D eigenvalue weighted by Crippen LogP contribution is -2.48. The molecule has 9 heteroatoms. The van der Waals surface area contributed by atoms with Crippen LogP contribution in [0.5, 0.6) is 11.5 Å². The normalized spacial score (nSPS) is 24.0. The van der Waals surface area contributed by atoms with Crippen molar-refractivity contribution in [2.24, 2.45) is 11.3 Å². The third kappa shape index (κ3) is 4.37. The summed E-state index contributed by atoms with van der Waals surface area (Å²) < 4.78 is 25.1. The number of halogens is 2. The van der Waals surface area contributed by atoms with Gasteiger partial charge in [0.05, 0.1) is 30.4 Å². The van der Waals surface area contributed by atoms with Gasteiger partial charge in [0.2, 0.25) is 0 Å². The number of likely N-dealkylation sites (tertiary alicyclic amines) is 1. The quantitative estimate of drug-likeness (QED) is 0.449. The topological polar surface area (TPSA) is 79.7 Å². The van der Waals surface area contributed by atoms with Gasteiger partial charge in [0, 0.05) is 42.7 Å².